The van der Waals surface area contributed by atoms with E-state index in [1.54, 1.807) is 6.20 Å². The first-order valence-corrected chi connectivity index (χ1v) is 5.63. The molecule has 0 atom stereocenters. The third-order valence-electron chi connectivity index (χ3n) is 2.36. The lowest BCUT2D eigenvalue weighted by Crippen LogP contribution is -1.92. The summed E-state index contributed by atoms with van der Waals surface area (Å²) in [6.45, 7) is 2.14. The highest BCUT2D eigenvalue weighted by molar-refractivity contribution is 6.30. The van der Waals surface area contributed by atoms with Gasteiger partial charge in [0.2, 0.25) is 0 Å². The maximum absolute atomic E-state index is 5.76. The average molecular weight is 233 g/mol. The third kappa shape index (κ3) is 2.74. The van der Waals surface area contributed by atoms with Crippen molar-refractivity contribution < 1.29 is 0 Å². The molecule has 0 radical (unpaired) electrons. The molecule has 1 N–H and O–H groups in total. The summed E-state index contributed by atoms with van der Waals surface area (Å²) >= 11 is 5.76. The number of pyridine rings is 1. The predicted octanol–water partition coefficient (Wildman–Crippen LogP) is 4.04. The Kier molecular flexibility index (Phi) is 3.42. The van der Waals surface area contributed by atoms with E-state index in [1.165, 1.54) is 5.56 Å². The molecule has 1 heterocycles. The molecule has 0 aliphatic rings. The van der Waals surface area contributed by atoms with E-state index < -0.39 is 0 Å². The molecule has 0 aliphatic carbocycles. The van der Waals surface area contributed by atoms with Gasteiger partial charge >= 0.3 is 0 Å². The van der Waals surface area contributed by atoms with Crippen LogP contribution in [0.4, 0.5) is 11.5 Å². The minimum atomic E-state index is 0.645. The monoisotopic (exact) mass is 232 g/mol. The summed E-state index contributed by atoms with van der Waals surface area (Å²) in [7, 11) is 0. The molecule has 0 aliphatic heterocycles. The highest BCUT2D eigenvalue weighted by atomic mass is 35.5. The summed E-state index contributed by atoms with van der Waals surface area (Å²) in [5.41, 5.74) is 2.36. The fraction of sp³-hybridized carbons (Fsp3) is 0.154. The summed E-state index contributed by atoms with van der Waals surface area (Å²) in [5.74, 6) is 0.800. The van der Waals surface area contributed by atoms with Crippen molar-refractivity contribution in [1.82, 2.24) is 4.98 Å². The van der Waals surface area contributed by atoms with Crippen LogP contribution in [-0.4, -0.2) is 4.98 Å². The molecule has 82 valence electrons. The van der Waals surface area contributed by atoms with Gasteiger partial charge < -0.3 is 5.32 Å². The second kappa shape index (κ2) is 4.99. The van der Waals surface area contributed by atoms with Crippen LogP contribution in [-0.2, 0) is 6.42 Å². The molecular formula is C13H13ClN2. The first kappa shape index (κ1) is 11.0. The molecule has 16 heavy (non-hydrogen) atoms. The third-order valence-corrected chi connectivity index (χ3v) is 2.59. The largest absolute Gasteiger partial charge is 0.340 e. The Labute approximate surface area is 100 Å². The summed E-state index contributed by atoms with van der Waals surface area (Å²) < 4.78 is 0. The second-order valence-electron chi connectivity index (χ2n) is 3.54. The van der Waals surface area contributed by atoms with Crippen LogP contribution in [0.15, 0.2) is 42.6 Å². The predicted molar refractivity (Wildman–Crippen MR) is 68.3 cm³/mol. The van der Waals surface area contributed by atoms with Gasteiger partial charge in [-0.05, 0) is 36.2 Å². The van der Waals surface area contributed by atoms with E-state index in [0.29, 0.717) is 5.02 Å². The lowest BCUT2D eigenvalue weighted by Gasteiger charge is -2.05. The molecule has 1 aromatic heterocycles. The molecule has 0 bridgehead atoms. The zero-order valence-electron chi connectivity index (χ0n) is 9.07. The molecule has 3 heteroatoms. The van der Waals surface area contributed by atoms with Gasteiger partial charge in [0.25, 0.3) is 0 Å². The fourth-order valence-electron chi connectivity index (χ4n) is 1.42. The number of halogens is 1. The van der Waals surface area contributed by atoms with Crippen molar-refractivity contribution in [2.24, 2.45) is 0 Å². The molecular weight excluding hydrogens is 220 g/mol. The van der Waals surface area contributed by atoms with Crippen molar-refractivity contribution in [1.29, 1.82) is 0 Å². The van der Waals surface area contributed by atoms with Gasteiger partial charge in [0.15, 0.2) is 0 Å². The van der Waals surface area contributed by atoms with Crippen LogP contribution in [0.2, 0.25) is 5.02 Å². The highest BCUT2D eigenvalue weighted by Gasteiger charge is 1.96. The van der Waals surface area contributed by atoms with E-state index in [2.05, 4.69) is 41.5 Å². The van der Waals surface area contributed by atoms with Crippen molar-refractivity contribution in [2.45, 2.75) is 13.3 Å². The van der Waals surface area contributed by atoms with E-state index in [-0.39, 0.29) is 0 Å². The maximum atomic E-state index is 5.76. The maximum Gasteiger partial charge on any atom is 0.130 e. The summed E-state index contributed by atoms with van der Waals surface area (Å²) in [6, 6.07) is 12.0. The minimum absolute atomic E-state index is 0.645. The van der Waals surface area contributed by atoms with E-state index >= 15 is 0 Å². The number of nitrogens with one attached hydrogen (secondary N) is 1. The normalized spacial score (nSPS) is 10.1. The smallest absolute Gasteiger partial charge is 0.130 e. The van der Waals surface area contributed by atoms with Crippen LogP contribution in [0.5, 0.6) is 0 Å². The van der Waals surface area contributed by atoms with Crippen LogP contribution in [0.1, 0.15) is 12.5 Å². The Morgan fingerprint density at radius 1 is 1.12 bits per heavy atom. The number of hydrogen-bond donors (Lipinski definition) is 1. The Morgan fingerprint density at radius 3 is 2.44 bits per heavy atom. The Morgan fingerprint density at radius 2 is 1.88 bits per heavy atom. The Bertz CT molecular complexity index is 448. The van der Waals surface area contributed by atoms with Gasteiger partial charge in [-0.2, -0.15) is 0 Å². The van der Waals surface area contributed by atoms with Gasteiger partial charge in [-0.25, -0.2) is 4.98 Å². The highest BCUT2D eigenvalue weighted by Crippen LogP contribution is 2.16. The van der Waals surface area contributed by atoms with Crippen LogP contribution >= 0.6 is 11.6 Å². The summed E-state index contributed by atoms with van der Waals surface area (Å²) in [5, 5.41) is 3.86. The quantitative estimate of drug-likeness (QED) is 0.864. The molecule has 0 spiro atoms. The first-order chi connectivity index (χ1) is 7.78. The molecule has 0 unspecified atom stereocenters. The van der Waals surface area contributed by atoms with E-state index in [4.69, 9.17) is 11.6 Å². The van der Waals surface area contributed by atoms with Crippen LogP contribution in [0.25, 0.3) is 0 Å². The van der Waals surface area contributed by atoms with Gasteiger partial charge in [-0.3, -0.25) is 0 Å². The molecule has 0 fully saturated rings. The van der Waals surface area contributed by atoms with Crippen LogP contribution in [0.3, 0.4) is 0 Å². The van der Waals surface area contributed by atoms with Crippen molar-refractivity contribution in [2.75, 3.05) is 5.32 Å². The second-order valence-corrected chi connectivity index (χ2v) is 3.97. The fourth-order valence-corrected chi connectivity index (χ4v) is 1.53. The number of aromatic nitrogens is 1. The lowest BCUT2D eigenvalue weighted by molar-refractivity contribution is 1.14. The number of hydrogen-bond acceptors (Lipinski definition) is 2. The molecule has 1 aromatic carbocycles. The molecule has 2 nitrogen and oxygen atoms in total. The summed E-state index contributed by atoms with van der Waals surface area (Å²) in [4.78, 5) is 4.17. The van der Waals surface area contributed by atoms with E-state index in [1.807, 2.05) is 12.1 Å². The molecule has 0 amide bonds. The van der Waals surface area contributed by atoms with Crippen LogP contribution < -0.4 is 5.32 Å². The number of aryl methyl sites for hydroxylation is 1. The molecule has 2 aromatic rings. The lowest BCUT2D eigenvalue weighted by atomic mass is 10.1. The Balaban J connectivity index is 2.11. The number of anilines is 2. The van der Waals surface area contributed by atoms with Crippen molar-refractivity contribution in [3.8, 4) is 0 Å². The van der Waals surface area contributed by atoms with Crippen molar-refractivity contribution in [3.63, 3.8) is 0 Å². The van der Waals surface area contributed by atoms with Crippen molar-refractivity contribution >= 4 is 23.1 Å². The zero-order chi connectivity index (χ0) is 11.4. The number of nitrogens with zero attached hydrogens (tertiary/aromatic N) is 1. The SMILES string of the molecule is CCc1ccc(Nc2ccc(Cl)cn2)cc1. The van der Waals surface area contributed by atoms with Gasteiger partial charge in [-0.15, -0.1) is 0 Å². The van der Waals surface area contributed by atoms with Crippen LogP contribution in [0, 0.1) is 0 Å². The average Bonchev–Trinajstić information content (AvgIpc) is 2.33. The van der Waals surface area contributed by atoms with E-state index in [0.717, 1.165) is 17.9 Å². The zero-order valence-corrected chi connectivity index (χ0v) is 9.83. The molecule has 0 saturated heterocycles. The minimum Gasteiger partial charge on any atom is -0.340 e. The number of benzene rings is 1. The standard InChI is InChI=1S/C13H13ClN2/c1-2-10-3-6-12(7-4-10)16-13-8-5-11(14)9-15-13/h3-9H,2H2,1H3,(H,15,16). The molecule has 2 rings (SSSR count). The topological polar surface area (TPSA) is 24.9 Å². The van der Waals surface area contributed by atoms with Gasteiger partial charge in [0.1, 0.15) is 5.82 Å². The van der Waals surface area contributed by atoms with Gasteiger partial charge in [0.05, 0.1) is 5.02 Å². The Hall–Kier alpha value is -1.54. The van der Waals surface area contributed by atoms with Gasteiger partial charge in [-0.1, -0.05) is 30.7 Å². The van der Waals surface area contributed by atoms with E-state index in [9.17, 15) is 0 Å². The summed E-state index contributed by atoms with van der Waals surface area (Å²) in [6.07, 6.45) is 2.68. The van der Waals surface area contributed by atoms with Gasteiger partial charge in [0, 0.05) is 11.9 Å². The van der Waals surface area contributed by atoms with Crippen molar-refractivity contribution in [3.05, 3.63) is 53.2 Å². The first-order valence-electron chi connectivity index (χ1n) is 5.25. The number of rotatable bonds is 3. The molecule has 0 saturated carbocycles.